The van der Waals surface area contributed by atoms with Crippen molar-refractivity contribution in [1.82, 2.24) is 4.31 Å². The van der Waals surface area contributed by atoms with E-state index in [0.29, 0.717) is 0 Å². The van der Waals surface area contributed by atoms with Crippen LogP contribution in [0.25, 0.3) is 0 Å². The Kier molecular flexibility index (Phi) is 6.84. The summed E-state index contributed by atoms with van der Waals surface area (Å²) in [6.45, 7) is 1.71. The molecule has 0 radical (unpaired) electrons. The number of sulfonamides is 1. The lowest BCUT2D eigenvalue weighted by Crippen LogP contribution is -2.32. The molecule has 1 heterocycles. The van der Waals surface area contributed by atoms with Crippen molar-refractivity contribution < 1.29 is 23.1 Å². The molecule has 0 bridgehead atoms. The van der Waals surface area contributed by atoms with E-state index in [0.717, 1.165) is 14.7 Å². The summed E-state index contributed by atoms with van der Waals surface area (Å²) in [6, 6.07) is 1.75. The minimum atomic E-state index is -3.70. The van der Waals surface area contributed by atoms with Crippen LogP contribution in [0.1, 0.15) is 17.4 Å². The van der Waals surface area contributed by atoms with Crippen LogP contribution in [-0.2, 0) is 26.1 Å². The van der Waals surface area contributed by atoms with Crippen LogP contribution in [0.2, 0.25) is 0 Å². The largest absolute Gasteiger partial charge is 0.465 e. The zero-order valence-electron chi connectivity index (χ0n) is 11.8. The molecule has 0 unspecified atom stereocenters. The van der Waals surface area contributed by atoms with Crippen LogP contribution in [0.4, 0.5) is 0 Å². The summed E-state index contributed by atoms with van der Waals surface area (Å²) >= 11 is 1.37. The van der Waals surface area contributed by atoms with Gasteiger partial charge in [0.2, 0.25) is 10.0 Å². The number of carbonyl (C=O) groups excluding carboxylic acids is 1. The zero-order chi connectivity index (χ0) is 15.9. The monoisotopic (exact) mass is 331 g/mol. The molecule has 1 N–H and O–H groups in total. The first-order valence-electron chi connectivity index (χ1n) is 6.15. The molecular formula is C13H17NO5S2. The SMILES string of the molecule is CCOC(=O)CS(=O)(=O)N(C)Cc1cc(C#CCO)cs1. The average molecular weight is 331 g/mol. The summed E-state index contributed by atoms with van der Waals surface area (Å²) in [7, 11) is -2.29. The van der Waals surface area contributed by atoms with Gasteiger partial charge < -0.3 is 9.84 Å². The highest BCUT2D eigenvalue weighted by molar-refractivity contribution is 7.89. The Labute approximate surface area is 128 Å². The van der Waals surface area contributed by atoms with Gasteiger partial charge in [-0.3, -0.25) is 4.79 Å². The molecule has 0 aliphatic carbocycles. The summed E-state index contributed by atoms with van der Waals surface area (Å²) in [5, 5.41) is 10.4. The molecule has 6 nitrogen and oxygen atoms in total. The fraction of sp³-hybridized carbons (Fsp3) is 0.462. The number of ether oxygens (including phenoxy) is 1. The maximum absolute atomic E-state index is 12.0. The lowest BCUT2D eigenvalue weighted by atomic mass is 10.3. The van der Waals surface area contributed by atoms with E-state index >= 15 is 0 Å². The van der Waals surface area contributed by atoms with Gasteiger partial charge in [-0.15, -0.1) is 11.3 Å². The third-order valence-corrected chi connectivity index (χ3v) is 5.03. The highest BCUT2D eigenvalue weighted by Gasteiger charge is 2.23. The number of hydrogen-bond donors (Lipinski definition) is 1. The van der Waals surface area contributed by atoms with Crippen molar-refractivity contribution in [1.29, 1.82) is 0 Å². The first-order valence-corrected chi connectivity index (χ1v) is 8.64. The molecule has 0 saturated heterocycles. The number of esters is 1. The second-order valence-electron chi connectivity index (χ2n) is 4.08. The van der Waals surface area contributed by atoms with Crippen molar-refractivity contribution in [2.24, 2.45) is 0 Å². The van der Waals surface area contributed by atoms with Gasteiger partial charge in [0.15, 0.2) is 5.75 Å². The van der Waals surface area contributed by atoms with Crippen LogP contribution in [0.15, 0.2) is 11.4 Å². The predicted molar refractivity (Wildman–Crippen MR) is 80.2 cm³/mol. The average Bonchev–Trinajstić information content (AvgIpc) is 2.83. The number of aliphatic hydroxyl groups excluding tert-OH is 1. The van der Waals surface area contributed by atoms with Gasteiger partial charge in [0.1, 0.15) is 6.61 Å². The molecule has 8 heteroatoms. The minimum Gasteiger partial charge on any atom is -0.465 e. The highest BCUT2D eigenvalue weighted by atomic mass is 32.2. The molecular weight excluding hydrogens is 314 g/mol. The van der Waals surface area contributed by atoms with Crippen LogP contribution in [-0.4, -0.2) is 49.8 Å². The second-order valence-corrected chi connectivity index (χ2v) is 7.15. The standard InChI is InChI=1S/C13H17NO5S2/c1-3-19-13(16)10-21(17,18)14(2)8-12-7-11(9-20-12)5-4-6-15/h7,9,15H,3,6,8,10H2,1-2H3. The van der Waals surface area contributed by atoms with Crippen molar-refractivity contribution >= 4 is 27.3 Å². The van der Waals surface area contributed by atoms with Crippen LogP contribution >= 0.6 is 11.3 Å². The van der Waals surface area contributed by atoms with Crippen molar-refractivity contribution in [3.05, 3.63) is 21.9 Å². The summed E-state index contributed by atoms with van der Waals surface area (Å²) in [4.78, 5) is 12.1. The number of hydrogen-bond acceptors (Lipinski definition) is 6. The molecule has 0 fully saturated rings. The van der Waals surface area contributed by atoms with E-state index in [-0.39, 0.29) is 19.8 Å². The van der Waals surface area contributed by atoms with Gasteiger partial charge in [0.05, 0.1) is 6.61 Å². The number of aliphatic hydroxyl groups is 1. The van der Waals surface area contributed by atoms with Crippen molar-refractivity contribution in [3.63, 3.8) is 0 Å². The van der Waals surface area contributed by atoms with E-state index in [4.69, 9.17) is 5.11 Å². The number of nitrogens with zero attached hydrogens (tertiary/aromatic N) is 1. The van der Waals surface area contributed by atoms with Gasteiger partial charge in [-0.1, -0.05) is 11.8 Å². The van der Waals surface area contributed by atoms with Gasteiger partial charge in [-0.05, 0) is 13.0 Å². The Morgan fingerprint density at radius 3 is 2.86 bits per heavy atom. The molecule has 0 atom stereocenters. The molecule has 21 heavy (non-hydrogen) atoms. The summed E-state index contributed by atoms with van der Waals surface area (Å²) in [5.74, 6) is 3.84. The van der Waals surface area contributed by atoms with E-state index in [1.807, 2.05) is 0 Å². The van der Waals surface area contributed by atoms with Gasteiger partial charge in [0, 0.05) is 29.4 Å². The quantitative estimate of drug-likeness (QED) is 0.603. The lowest BCUT2D eigenvalue weighted by molar-refractivity contribution is -0.140. The van der Waals surface area contributed by atoms with Gasteiger partial charge in [0.25, 0.3) is 0 Å². The molecule has 1 aromatic heterocycles. The van der Waals surface area contributed by atoms with E-state index in [1.54, 1.807) is 18.4 Å². The Bertz CT molecular complexity index is 639. The zero-order valence-corrected chi connectivity index (χ0v) is 13.5. The highest BCUT2D eigenvalue weighted by Crippen LogP contribution is 2.17. The Hall–Kier alpha value is -1.40. The van der Waals surface area contributed by atoms with Gasteiger partial charge in [-0.25, -0.2) is 8.42 Å². The molecule has 0 spiro atoms. The second kappa shape index (κ2) is 8.14. The molecule has 0 amide bonds. The molecule has 116 valence electrons. The summed E-state index contributed by atoms with van der Waals surface area (Å²) in [6.07, 6.45) is 0. The van der Waals surface area contributed by atoms with E-state index in [1.165, 1.54) is 18.4 Å². The third kappa shape index (κ3) is 5.85. The molecule has 0 aliphatic heterocycles. The maximum Gasteiger partial charge on any atom is 0.322 e. The van der Waals surface area contributed by atoms with E-state index in [9.17, 15) is 13.2 Å². The first kappa shape index (κ1) is 17.7. The number of thiophene rings is 1. The van der Waals surface area contributed by atoms with Crippen LogP contribution in [0, 0.1) is 11.8 Å². The van der Waals surface area contributed by atoms with E-state index in [2.05, 4.69) is 16.6 Å². The van der Waals surface area contributed by atoms with Gasteiger partial charge >= 0.3 is 5.97 Å². The van der Waals surface area contributed by atoms with Gasteiger partial charge in [-0.2, -0.15) is 4.31 Å². The summed E-state index contributed by atoms with van der Waals surface area (Å²) < 4.78 is 29.7. The van der Waals surface area contributed by atoms with Crippen molar-refractivity contribution in [2.45, 2.75) is 13.5 Å². The minimum absolute atomic E-state index is 0.149. The maximum atomic E-state index is 12.0. The number of rotatable bonds is 6. The van der Waals surface area contributed by atoms with E-state index < -0.39 is 21.7 Å². The fourth-order valence-corrected chi connectivity index (χ4v) is 3.34. The Morgan fingerprint density at radius 1 is 1.52 bits per heavy atom. The lowest BCUT2D eigenvalue weighted by Gasteiger charge is -2.15. The fourth-order valence-electron chi connectivity index (χ4n) is 1.45. The topological polar surface area (TPSA) is 83.9 Å². The Balaban J connectivity index is 2.69. The van der Waals surface area contributed by atoms with Crippen LogP contribution in [0.5, 0.6) is 0 Å². The van der Waals surface area contributed by atoms with Crippen molar-refractivity contribution in [3.8, 4) is 11.8 Å². The predicted octanol–water partition coefficient (Wildman–Crippen LogP) is 0.417. The Morgan fingerprint density at radius 2 is 2.24 bits per heavy atom. The first-order chi connectivity index (χ1) is 9.89. The normalized spacial score (nSPS) is 11.0. The number of carbonyl (C=O) groups is 1. The molecule has 0 saturated carbocycles. The van der Waals surface area contributed by atoms with Crippen LogP contribution < -0.4 is 0 Å². The summed E-state index contributed by atoms with van der Waals surface area (Å²) in [5.41, 5.74) is 0.722. The third-order valence-electron chi connectivity index (χ3n) is 2.42. The van der Waals surface area contributed by atoms with Crippen LogP contribution in [0.3, 0.4) is 0 Å². The smallest absolute Gasteiger partial charge is 0.322 e. The molecule has 0 aromatic carbocycles. The molecule has 1 rings (SSSR count). The van der Waals surface area contributed by atoms with Crippen molar-refractivity contribution in [2.75, 3.05) is 26.0 Å². The molecule has 1 aromatic rings. The molecule has 0 aliphatic rings.